The molecule has 0 saturated carbocycles. The molecule has 0 amide bonds. The van der Waals surface area contributed by atoms with E-state index < -0.39 is 0 Å². The summed E-state index contributed by atoms with van der Waals surface area (Å²) in [5.41, 5.74) is 7.53. The van der Waals surface area contributed by atoms with Gasteiger partial charge in [0.1, 0.15) is 5.75 Å². The van der Waals surface area contributed by atoms with Crippen molar-refractivity contribution >= 4 is 11.7 Å². The number of methoxy groups -OCH3 is 1. The van der Waals surface area contributed by atoms with E-state index in [1.54, 1.807) is 0 Å². The van der Waals surface area contributed by atoms with E-state index in [1.807, 2.05) is 25.1 Å². The highest BCUT2D eigenvalue weighted by molar-refractivity contribution is 5.72. The molecule has 1 aromatic rings. The second-order valence-corrected chi connectivity index (χ2v) is 4.45. The summed E-state index contributed by atoms with van der Waals surface area (Å²) in [4.78, 5) is 11.5. The molecule has 0 aliphatic carbocycles. The fourth-order valence-corrected chi connectivity index (χ4v) is 2.14. The first-order chi connectivity index (χ1) is 8.11. The number of esters is 1. The van der Waals surface area contributed by atoms with Gasteiger partial charge in [0.2, 0.25) is 0 Å². The van der Waals surface area contributed by atoms with E-state index in [9.17, 15) is 4.79 Å². The van der Waals surface area contributed by atoms with Crippen LogP contribution in [0.5, 0.6) is 5.75 Å². The minimum atomic E-state index is -0.189. The monoisotopic (exact) mass is 235 g/mol. The minimum absolute atomic E-state index is 0.150. The van der Waals surface area contributed by atoms with Gasteiger partial charge in [-0.2, -0.15) is 0 Å². The second kappa shape index (κ2) is 4.65. The lowest BCUT2D eigenvalue weighted by atomic mass is 9.86. The van der Waals surface area contributed by atoms with Crippen LogP contribution in [0.25, 0.3) is 0 Å². The van der Waals surface area contributed by atoms with Gasteiger partial charge in [-0.3, -0.25) is 4.79 Å². The van der Waals surface area contributed by atoms with Crippen molar-refractivity contribution in [2.45, 2.75) is 13.3 Å². The fourth-order valence-electron chi connectivity index (χ4n) is 2.14. The molecule has 2 atom stereocenters. The molecule has 1 aromatic carbocycles. The predicted octanol–water partition coefficient (Wildman–Crippen LogP) is 1.63. The summed E-state index contributed by atoms with van der Waals surface area (Å²) in [6, 6.07) is 5.61. The molecule has 0 aromatic heterocycles. The van der Waals surface area contributed by atoms with Gasteiger partial charge in [-0.25, -0.2) is 0 Å². The van der Waals surface area contributed by atoms with Gasteiger partial charge in [-0.05, 0) is 30.2 Å². The highest BCUT2D eigenvalue weighted by Crippen LogP contribution is 2.32. The molecule has 0 bridgehead atoms. The Labute approximate surface area is 101 Å². The Bertz CT molecular complexity index is 431. The van der Waals surface area contributed by atoms with Crippen LogP contribution in [0.2, 0.25) is 0 Å². The summed E-state index contributed by atoms with van der Waals surface area (Å²) in [6.07, 6.45) is 0.802. The standard InChI is InChI=1S/C13H17NO3/c1-8(13(15)16-2)10-5-9-6-11(14)3-4-12(9)17-7-10/h3-4,6,8,10H,5,7,14H2,1-2H3. The SMILES string of the molecule is COC(=O)C(C)C1COc2ccc(N)cc2C1. The van der Waals surface area contributed by atoms with E-state index in [1.165, 1.54) is 7.11 Å². The van der Waals surface area contributed by atoms with Gasteiger partial charge >= 0.3 is 5.97 Å². The number of carbonyl (C=O) groups excluding carboxylic acids is 1. The van der Waals surface area contributed by atoms with Crippen molar-refractivity contribution < 1.29 is 14.3 Å². The first-order valence-electron chi connectivity index (χ1n) is 5.71. The van der Waals surface area contributed by atoms with E-state index in [0.717, 1.165) is 23.4 Å². The van der Waals surface area contributed by atoms with E-state index in [-0.39, 0.29) is 17.8 Å². The van der Waals surface area contributed by atoms with Crippen LogP contribution in [0.1, 0.15) is 12.5 Å². The van der Waals surface area contributed by atoms with E-state index >= 15 is 0 Å². The number of carbonyl (C=O) groups is 1. The van der Waals surface area contributed by atoms with Crippen LogP contribution < -0.4 is 10.5 Å². The summed E-state index contributed by atoms with van der Waals surface area (Å²) < 4.78 is 10.4. The Kier molecular flexibility index (Phi) is 3.22. The number of benzene rings is 1. The molecule has 2 rings (SSSR count). The molecule has 4 nitrogen and oxygen atoms in total. The summed E-state index contributed by atoms with van der Waals surface area (Å²) in [7, 11) is 1.41. The number of nitrogens with two attached hydrogens (primary N) is 1. The molecule has 2 unspecified atom stereocenters. The lowest BCUT2D eigenvalue weighted by Crippen LogP contribution is -2.31. The highest BCUT2D eigenvalue weighted by Gasteiger charge is 2.29. The number of fused-ring (bicyclic) bond motifs is 1. The number of rotatable bonds is 2. The Morgan fingerprint density at radius 1 is 1.59 bits per heavy atom. The Balaban J connectivity index is 2.15. The van der Waals surface area contributed by atoms with Crippen LogP contribution in [0.15, 0.2) is 18.2 Å². The molecule has 1 aliphatic heterocycles. The van der Waals surface area contributed by atoms with Crippen molar-refractivity contribution in [2.75, 3.05) is 19.5 Å². The quantitative estimate of drug-likeness (QED) is 0.625. The molecule has 2 N–H and O–H groups in total. The van der Waals surface area contributed by atoms with E-state index in [0.29, 0.717) is 6.61 Å². The van der Waals surface area contributed by atoms with Gasteiger partial charge in [0.05, 0.1) is 19.6 Å². The molecule has 92 valence electrons. The number of ether oxygens (including phenoxy) is 2. The van der Waals surface area contributed by atoms with Crippen molar-refractivity contribution in [3.63, 3.8) is 0 Å². The molecule has 0 spiro atoms. The molecular weight excluding hydrogens is 218 g/mol. The van der Waals surface area contributed by atoms with Crippen LogP contribution in [0.3, 0.4) is 0 Å². The molecule has 1 aliphatic rings. The van der Waals surface area contributed by atoms with Crippen molar-refractivity contribution in [1.82, 2.24) is 0 Å². The Morgan fingerprint density at radius 2 is 2.35 bits per heavy atom. The summed E-state index contributed by atoms with van der Waals surface area (Å²) in [5, 5.41) is 0. The van der Waals surface area contributed by atoms with Crippen molar-refractivity contribution in [3.05, 3.63) is 23.8 Å². The third-order valence-electron chi connectivity index (χ3n) is 3.30. The maximum absolute atomic E-state index is 11.5. The molecule has 0 saturated heterocycles. The molecule has 17 heavy (non-hydrogen) atoms. The van der Waals surface area contributed by atoms with Crippen LogP contribution in [0, 0.1) is 11.8 Å². The van der Waals surface area contributed by atoms with Crippen LogP contribution >= 0.6 is 0 Å². The zero-order valence-electron chi connectivity index (χ0n) is 10.1. The van der Waals surface area contributed by atoms with Crippen LogP contribution in [0.4, 0.5) is 5.69 Å². The molecule has 1 heterocycles. The zero-order valence-corrected chi connectivity index (χ0v) is 10.1. The average molecular weight is 235 g/mol. The first kappa shape index (κ1) is 11.8. The molecular formula is C13H17NO3. The number of hydrogen-bond acceptors (Lipinski definition) is 4. The molecule has 4 heteroatoms. The highest BCUT2D eigenvalue weighted by atomic mass is 16.5. The topological polar surface area (TPSA) is 61.5 Å². The Hall–Kier alpha value is -1.71. The average Bonchev–Trinajstić information content (AvgIpc) is 2.36. The van der Waals surface area contributed by atoms with Gasteiger partial charge < -0.3 is 15.2 Å². The van der Waals surface area contributed by atoms with Gasteiger partial charge in [0.15, 0.2) is 0 Å². The lowest BCUT2D eigenvalue weighted by molar-refractivity contribution is -0.147. The maximum atomic E-state index is 11.5. The van der Waals surface area contributed by atoms with Crippen molar-refractivity contribution in [3.8, 4) is 5.75 Å². The van der Waals surface area contributed by atoms with E-state index in [4.69, 9.17) is 15.2 Å². The lowest BCUT2D eigenvalue weighted by Gasteiger charge is -2.28. The van der Waals surface area contributed by atoms with Gasteiger partial charge in [0.25, 0.3) is 0 Å². The van der Waals surface area contributed by atoms with Crippen LogP contribution in [-0.4, -0.2) is 19.7 Å². The normalized spacial score (nSPS) is 20.0. The third-order valence-corrected chi connectivity index (χ3v) is 3.30. The summed E-state index contributed by atoms with van der Waals surface area (Å²) in [5.74, 6) is 0.671. The van der Waals surface area contributed by atoms with E-state index in [2.05, 4.69) is 0 Å². The van der Waals surface area contributed by atoms with Gasteiger partial charge in [-0.1, -0.05) is 6.92 Å². The number of anilines is 1. The van der Waals surface area contributed by atoms with Gasteiger partial charge in [-0.15, -0.1) is 0 Å². The minimum Gasteiger partial charge on any atom is -0.493 e. The smallest absolute Gasteiger partial charge is 0.308 e. The summed E-state index contributed by atoms with van der Waals surface area (Å²) >= 11 is 0. The van der Waals surface area contributed by atoms with Crippen molar-refractivity contribution in [2.24, 2.45) is 11.8 Å². The van der Waals surface area contributed by atoms with Crippen LogP contribution in [-0.2, 0) is 16.0 Å². The van der Waals surface area contributed by atoms with Crippen molar-refractivity contribution in [1.29, 1.82) is 0 Å². The fraction of sp³-hybridized carbons (Fsp3) is 0.462. The Morgan fingerprint density at radius 3 is 3.06 bits per heavy atom. The second-order valence-electron chi connectivity index (χ2n) is 4.45. The predicted molar refractivity (Wildman–Crippen MR) is 64.7 cm³/mol. The number of nitrogen functional groups attached to an aromatic ring is 1. The summed E-state index contributed by atoms with van der Waals surface area (Å²) in [6.45, 7) is 2.42. The largest absolute Gasteiger partial charge is 0.493 e. The first-order valence-corrected chi connectivity index (χ1v) is 5.71. The number of hydrogen-bond donors (Lipinski definition) is 1. The third kappa shape index (κ3) is 2.35. The van der Waals surface area contributed by atoms with Gasteiger partial charge in [0, 0.05) is 11.6 Å². The zero-order chi connectivity index (χ0) is 12.4. The molecule has 0 radical (unpaired) electrons. The maximum Gasteiger partial charge on any atom is 0.308 e. The molecule has 0 fully saturated rings.